The fourth-order valence-electron chi connectivity index (χ4n) is 4.32. The first-order valence-corrected chi connectivity index (χ1v) is 10.3. The Hall–Kier alpha value is -1.82. The summed E-state index contributed by atoms with van der Waals surface area (Å²) in [5.74, 6) is 0.223. The molecule has 0 radical (unpaired) electrons. The Morgan fingerprint density at radius 2 is 1.96 bits per heavy atom. The summed E-state index contributed by atoms with van der Waals surface area (Å²) < 4.78 is 13.1. The van der Waals surface area contributed by atoms with Crippen LogP contribution in [0.1, 0.15) is 39.5 Å². The number of piperidine rings is 1. The van der Waals surface area contributed by atoms with Crippen molar-refractivity contribution in [1.82, 2.24) is 15.5 Å². The van der Waals surface area contributed by atoms with Gasteiger partial charge in [-0.2, -0.15) is 0 Å². The van der Waals surface area contributed by atoms with Gasteiger partial charge in [0, 0.05) is 44.0 Å². The zero-order valence-corrected chi connectivity index (χ0v) is 16.6. The molecule has 1 aromatic rings. The van der Waals surface area contributed by atoms with E-state index in [1.54, 1.807) is 0 Å². The minimum atomic E-state index is -0.207. The summed E-state index contributed by atoms with van der Waals surface area (Å²) in [6.45, 7) is 8.81. The molecule has 5 nitrogen and oxygen atoms in total. The molecule has 2 aliphatic rings. The van der Waals surface area contributed by atoms with Crippen LogP contribution in [0.4, 0.5) is 14.9 Å². The summed E-state index contributed by atoms with van der Waals surface area (Å²) in [5.41, 5.74) is 1.05. The average Bonchev–Trinajstić information content (AvgIpc) is 3.14. The number of anilines is 1. The van der Waals surface area contributed by atoms with Gasteiger partial charge >= 0.3 is 6.03 Å². The standard InChI is InChI=1S/C21H33FN4O/c1-16-5-3-4-11-26(16)17(2)13-23-21(27)24-14-18-10-12-25(15-18)20-8-6-19(22)7-9-20/h6-9,16-18H,3-5,10-15H2,1-2H3,(H2,23,24,27). The monoisotopic (exact) mass is 376 g/mol. The summed E-state index contributed by atoms with van der Waals surface area (Å²) in [6.07, 6.45) is 4.86. The molecule has 0 spiro atoms. The Morgan fingerprint density at radius 1 is 1.19 bits per heavy atom. The number of likely N-dealkylation sites (tertiary alicyclic amines) is 1. The van der Waals surface area contributed by atoms with Gasteiger partial charge in [-0.05, 0) is 69.8 Å². The molecule has 0 aromatic heterocycles. The second-order valence-corrected chi connectivity index (χ2v) is 8.10. The van der Waals surface area contributed by atoms with Gasteiger partial charge in [-0.15, -0.1) is 0 Å². The molecule has 0 saturated carbocycles. The molecule has 0 aliphatic carbocycles. The predicted octanol–water partition coefficient (Wildman–Crippen LogP) is 3.21. The maximum atomic E-state index is 13.1. The highest BCUT2D eigenvalue weighted by Gasteiger charge is 2.25. The van der Waals surface area contributed by atoms with Gasteiger partial charge in [0.15, 0.2) is 0 Å². The summed E-state index contributed by atoms with van der Waals surface area (Å²) in [4.78, 5) is 16.9. The molecule has 2 amide bonds. The topological polar surface area (TPSA) is 47.6 Å². The minimum absolute atomic E-state index is 0.0771. The van der Waals surface area contributed by atoms with E-state index >= 15 is 0 Å². The van der Waals surface area contributed by atoms with E-state index in [0.717, 1.165) is 31.7 Å². The minimum Gasteiger partial charge on any atom is -0.371 e. The highest BCUT2D eigenvalue weighted by atomic mass is 19.1. The van der Waals surface area contributed by atoms with Crippen molar-refractivity contribution < 1.29 is 9.18 Å². The van der Waals surface area contributed by atoms with Crippen LogP contribution in [0, 0.1) is 11.7 Å². The Balaban J connectivity index is 1.35. The maximum absolute atomic E-state index is 13.1. The van der Waals surface area contributed by atoms with E-state index in [9.17, 15) is 9.18 Å². The van der Waals surface area contributed by atoms with Crippen LogP contribution < -0.4 is 15.5 Å². The van der Waals surface area contributed by atoms with Gasteiger partial charge < -0.3 is 15.5 Å². The van der Waals surface area contributed by atoms with Crippen LogP contribution in [0.5, 0.6) is 0 Å². The molecule has 3 rings (SSSR count). The van der Waals surface area contributed by atoms with Gasteiger partial charge in [0.2, 0.25) is 0 Å². The number of urea groups is 1. The van der Waals surface area contributed by atoms with E-state index in [0.29, 0.717) is 31.1 Å². The number of carbonyl (C=O) groups is 1. The lowest BCUT2D eigenvalue weighted by Crippen LogP contribution is -2.50. The van der Waals surface area contributed by atoms with Crippen molar-refractivity contribution in [1.29, 1.82) is 0 Å². The molecular formula is C21H33FN4O. The van der Waals surface area contributed by atoms with Crippen LogP contribution in [-0.2, 0) is 0 Å². The summed E-state index contributed by atoms with van der Waals surface area (Å²) >= 11 is 0. The quantitative estimate of drug-likeness (QED) is 0.801. The molecule has 2 saturated heterocycles. The van der Waals surface area contributed by atoms with Crippen molar-refractivity contribution in [3.8, 4) is 0 Å². The number of rotatable bonds is 6. The van der Waals surface area contributed by atoms with Crippen LogP contribution >= 0.6 is 0 Å². The highest BCUT2D eigenvalue weighted by Crippen LogP contribution is 2.23. The number of nitrogens with zero attached hydrogens (tertiary/aromatic N) is 2. The van der Waals surface area contributed by atoms with E-state index in [-0.39, 0.29) is 11.8 Å². The Labute approximate surface area is 162 Å². The SMILES string of the molecule is CC1CCCCN1C(C)CNC(=O)NCC1CCN(c2ccc(F)cc2)C1. The van der Waals surface area contributed by atoms with Gasteiger partial charge in [-0.25, -0.2) is 9.18 Å². The van der Waals surface area contributed by atoms with Crippen LogP contribution in [-0.4, -0.2) is 55.7 Å². The van der Waals surface area contributed by atoms with Crippen molar-refractivity contribution in [3.05, 3.63) is 30.1 Å². The lowest BCUT2D eigenvalue weighted by atomic mass is 10.0. The van der Waals surface area contributed by atoms with Crippen LogP contribution in [0.25, 0.3) is 0 Å². The molecule has 1 aromatic carbocycles. The number of nitrogens with one attached hydrogen (secondary N) is 2. The molecule has 3 unspecified atom stereocenters. The molecule has 2 heterocycles. The zero-order valence-electron chi connectivity index (χ0n) is 16.6. The summed E-state index contributed by atoms with van der Waals surface area (Å²) in [7, 11) is 0. The summed E-state index contributed by atoms with van der Waals surface area (Å²) in [6, 6.07) is 7.53. The molecule has 150 valence electrons. The number of carbonyl (C=O) groups excluding carboxylic acids is 1. The van der Waals surface area contributed by atoms with Gasteiger partial charge in [0.25, 0.3) is 0 Å². The molecule has 27 heavy (non-hydrogen) atoms. The first kappa shape index (κ1) is 19.9. The number of halogens is 1. The van der Waals surface area contributed by atoms with Crippen LogP contribution in [0.15, 0.2) is 24.3 Å². The largest absolute Gasteiger partial charge is 0.371 e. The molecule has 2 aliphatic heterocycles. The Morgan fingerprint density at radius 3 is 2.70 bits per heavy atom. The molecular weight excluding hydrogens is 343 g/mol. The third-order valence-corrected chi connectivity index (χ3v) is 6.01. The summed E-state index contributed by atoms with van der Waals surface area (Å²) in [5, 5.41) is 6.05. The third kappa shape index (κ3) is 5.58. The molecule has 2 N–H and O–H groups in total. The maximum Gasteiger partial charge on any atom is 0.314 e. The van der Waals surface area contributed by atoms with Crippen molar-refractivity contribution in [2.75, 3.05) is 37.6 Å². The average molecular weight is 377 g/mol. The van der Waals surface area contributed by atoms with Crippen molar-refractivity contribution in [2.45, 2.75) is 51.6 Å². The number of hydrogen-bond acceptors (Lipinski definition) is 3. The zero-order chi connectivity index (χ0) is 19.2. The number of hydrogen-bond donors (Lipinski definition) is 2. The molecule has 0 bridgehead atoms. The first-order chi connectivity index (χ1) is 13.0. The predicted molar refractivity (Wildman–Crippen MR) is 108 cm³/mol. The van der Waals surface area contributed by atoms with E-state index in [1.165, 1.54) is 31.4 Å². The van der Waals surface area contributed by atoms with Gasteiger partial charge in [-0.3, -0.25) is 4.90 Å². The Kier molecular flexibility index (Phi) is 6.94. The van der Waals surface area contributed by atoms with E-state index in [4.69, 9.17) is 0 Å². The highest BCUT2D eigenvalue weighted by molar-refractivity contribution is 5.73. The number of benzene rings is 1. The Bertz CT molecular complexity index is 609. The fourth-order valence-corrected chi connectivity index (χ4v) is 4.32. The lowest BCUT2D eigenvalue weighted by Gasteiger charge is -2.38. The van der Waals surface area contributed by atoms with Crippen molar-refractivity contribution in [3.63, 3.8) is 0 Å². The smallest absolute Gasteiger partial charge is 0.314 e. The molecule has 3 atom stereocenters. The number of amides is 2. The van der Waals surface area contributed by atoms with Gasteiger partial charge in [0.05, 0.1) is 0 Å². The van der Waals surface area contributed by atoms with E-state index in [1.807, 2.05) is 12.1 Å². The van der Waals surface area contributed by atoms with Gasteiger partial charge in [-0.1, -0.05) is 6.42 Å². The van der Waals surface area contributed by atoms with Crippen LogP contribution in [0.3, 0.4) is 0 Å². The van der Waals surface area contributed by atoms with E-state index < -0.39 is 0 Å². The molecule has 2 fully saturated rings. The first-order valence-electron chi connectivity index (χ1n) is 10.3. The normalized spacial score (nSPS) is 24.6. The lowest BCUT2D eigenvalue weighted by molar-refractivity contribution is 0.114. The van der Waals surface area contributed by atoms with Gasteiger partial charge in [0.1, 0.15) is 5.82 Å². The van der Waals surface area contributed by atoms with Crippen molar-refractivity contribution >= 4 is 11.7 Å². The second kappa shape index (κ2) is 9.40. The van der Waals surface area contributed by atoms with Crippen molar-refractivity contribution in [2.24, 2.45) is 5.92 Å². The van der Waals surface area contributed by atoms with E-state index in [2.05, 4.69) is 34.3 Å². The third-order valence-electron chi connectivity index (χ3n) is 6.01. The van der Waals surface area contributed by atoms with Crippen LogP contribution in [0.2, 0.25) is 0 Å². The second-order valence-electron chi connectivity index (χ2n) is 8.10. The fraction of sp³-hybridized carbons (Fsp3) is 0.667. The molecule has 6 heteroatoms.